The van der Waals surface area contributed by atoms with Crippen LogP contribution in [0, 0.1) is 0 Å². The number of hydrogen-bond donors (Lipinski definition) is 1. The number of amides is 2. The number of halogens is 2. The molecule has 1 atom stereocenters. The molecule has 0 heterocycles. The fourth-order valence-corrected chi connectivity index (χ4v) is 4.43. The zero-order valence-electron chi connectivity index (χ0n) is 17.5. The van der Waals surface area contributed by atoms with E-state index in [1.165, 1.54) is 30.1 Å². The average molecular weight is 486 g/mol. The van der Waals surface area contributed by atoms with E-state index in [1.54, 1.807) is 6.92 Å². The molecule has 0 aliphatic heterocycles. The topological polar surface area (TPSA) is 86.8 Å². The second-order valence-electron chi connectivity index (χ2n) is 6.91. The van der Waals surface area contributed by atoms with Crippen LogP contribution in [-0.2, 0) is 26.2 Å². The maximum absolute atomic E-state index is 13.4. The van der Waals surface area contributed by atoms with E-state index in [0.717, 1.165) is 16.1 Å². The van der Waals surface area contributed by atoms with Crippen molar-refractivity contribution in [2.45, 2.75) is 25.9 Å². The van der Waals surface area contributed by atoms with Crippen molar-refractivity contribution >= 4 is 50.7 Å². The Hall–Kier alpha value is -2.29. The summed E-state index contributed by atoms with van der Waals surface area (Å²) in [6, 6.07) is 12.8. The fourth-order valence-electron chi connectivity index (χ4n) is 3.14. The van der Waals surface area contributed by atoms with Gasteiger partial charge in [-0.2, -0.15) is 0 Å². The first-order chi connectivity index (χ1) is 14.6. The van der Waals surface area contributed by atoms with E-state index in [9.17, 15) is 18.0 Å². The number of nitrogens with zero attached hydrogens (tertiary/aromatic N) is 2. The Bertz CT molecular complexity index is 1030. The molecule has 7 nitrogen and oxygen atoms in total. The third-order valence-electron chi connectivity index (χ3n) is 4.68. The van der Waals surface area contributed by atoms with Crippen LogP contribution in [0.4, 0.5) is 5.69 Å². The summed E-state index contributed by atoms with van der Waals surface area (Å²) in [6.07, 6.45) is 1.34. The van der Waals surface area contributed by atoms with Crippen molar-refractivity contribution in [2.24, 2.45) is 0 Å². The minimum atomic E-state index is -3.87. The van der Waals surface area contributed by atoms with Gasteiger partial charge in [-0.15, -0.1) is 0 Å². The normalized spacial score (nSPS) is 12.2. The smallest absolute Gasteiger partial charge is 0.244 e. The van der Waals surface area contributed by atoms with E-state index >= 15 is 0 Å². The Balaban J connectivity index is 2.45. The van der Waals surface area contributed by atoms with E-state index in [0.29, 0.717) is 6.42 Å². The molecule has 0 spiro atoms. The molecule has 0 unspecified atom stereocenters. The molecule has 0 saturated carbocycles. The van der Waals surface area contributed by atoms with Crippen molar-refractivity contribution in [3.63, 3.8) is 0 Å². The Labute approximate surface area is 193 Å². The second kappa shape index (κ2) is 10.8. The van der Waals surface area contributed by atoms with Crippen LogP contribution in [0.5, 0.6) is 0 Å². The molecule has 168 valence electrons. The first kappa shape index (κ1) is 25.0. The summed E-state index contributed by atoms with van der Waals surface area (Å²) in [5.41, 5.74) is 0.905. The zero-order chi connectivity index (χ0) is 23.2. The lowest BCUT2D eigenvalue weighted by molar-refractivity contribution is -0.140. The van der Waals surface area contributed by atoms with E-state index in [1.807, 2.05) is 30.3 Å². The Morgan fingerprint density at radius 3 is 2.29 bits per heavy atom. The third kappa shape index (κ3) is 6.59. The minimum Gasteiger partial charge on any atom is -0.357 e. The van der Waals surface area contributed by atoms with Crippen molar-refractivity contribution in [1.82, 2.24) is 10.2 Å². The van der Waals surface area contributed by atoms with Crippen molar-refractivity contribution in [2.75, 3.05) is 24.2 Å². The van der Waals surface area contributed by atoms with Crippen LogP contribution in [0.1, 0.15) is 18.9 Å². The average Bonchev–Trinajstić information content (AvgIpc) is 2.73. The molecule has 0 fully saturated rings. The quantitative estimate of drug-likeness (QED) is 0.589. The number of hydrogen-bond acceptors (Lipinski definition) is 4. The molecule has 2 aromatic carbocycles. The molecule has 0 aliphatic rings. The van der Waals surface area contributed by atoms with Gasteiger partial charge >= 0.3 is 0 Å². The van der Waals surface area contributed by atoms with Gasteiger partial charge in [0.1, 0.15) is 12.6 Å². The molecule has 2 amide bonds. The van der Waals surface area contributed by atoms with Gasteiger partial charge in [0.05, 0.1) is 17.0 Å². The van der Waals surface area contributed by atoms with Gasteiger partial charge in [0.2, 0.25) is 21.8 Å². The second-order valence-corrected chi connectivity index (χ2v) is 9.66. The molecule has 0 bridgehead atoms. The maximum atomic E-state index is 13.4. The summed E-state index contributed by atoms with van der Waals surface area (Å²) >= 11 is 12.2. The Morgan fingerprint density at radius 2 is 1.74 bits per heavy atom. The first-order valence-corrected chi connectivity index (χ1v) is 12.2. The maximum Gasteiger partial charge on any atom is 0.244 e. The van der Waals surface area contributed by atoms with Gasteiger partial charge in [-0.1, -0.05) is 60.5 Å². The number of rotatable bonds is 9. The molecule has 2 aromatic rings. The number of carbonyl (C=O) groups excluding carboxylic acids is 2. The third-order valence-corrected chi connectivity index (χ3v) is 6.37. The molecule has 2 rings (SSSR count). The van der Waals surface area contributed by atoms with Gasteiger partial charge in [0, 0.05) is 18.6 Å². The lowest BCUT2D eigenvalue weighted by Crippen LogP contribution is -2.51. The lowest BCUT2D eigenvalue weighted by atomic mass is 10.1. The molecule has 0 aliphatic carbocycles. The molecular weight excluding hydrogens is 461 g/mol. The van der Waals surface area contributed by atoms with Crippen molar-refractivity contribution in [1.29, 1.82) is 0 Å². The predicted octanol–water partition coefficient (Wildman–Crippen LogP) is 3.31. The first-order valence-electron chi connectivity index (χ1n) is 9.56. The number of nitrogens with one attached hydrogen (secondary N) is 1. The number of benzene rings is 2. The number of sulfonamides is 1. The van der Waals surface area contributed by atoms with Gasteiger partial charge in [-0.25, -0.2) is 8.42 Å². The number of anilines is 1. The van der Waals surface area contributed by atoms with Gasteiger partial charge in [-0.3, -0.25) is 13.9 Å². The monoisotopic (exact) mass is 485 g/mol. The summed E-state index contributed by atoms with van der Waals surface area (Å²) in [4.78, 5) is 27.2. The number of likely N-dealkylation sites (N-methyl/N-ethyl adjacent to an activating group) is 1. The predicted molar refractivity (Wildman–Crippen MR) is 124 cm³/mol. The van der Waals surface area contributed by atoms with E-state index in [-0.39, 0.29) is 28.2 Å². The van der Waals surface area contributed by atoms with Gasteiger partial charge in [0.25, 0.3) is 0 Å². The van der Waals surface area contributed by atoms with Crippen LogP contribution in [-0.4, -0.2) is 51.0 Å². The van der Waals surface area contributed by atoms with Crippen LogP contribution in [0.2, 0.25) is 10.0 Å². The molecular formula is C21H25Cl2N3O4S. The van der Waals surface area contributed by atoms with Gasteiger partial charge in [0.15, 0.2) is 0 Å². The molecule has 0 radical (unpaired) electrons. The highest BCUT2D eigenvalue weighted by Crippen LogP contribution is 2.31. The fraction of sp³-hybridized carbons (Fsp3) is 0.333. The molecule has 10 heteroatoms. The van der Waals surface area contributed by atoms with Crippen LogP contribution in [0.3, 0.4) is 0 Å². The van der Waals surface area contributed by atoms with Crippen molar-refractivity contribution in [3.8, 4) is 0 Å². The summed E-state index contributed by atoms with van der Waals surface area (Å²) in [5.74, 6) is -0.876. The minimum absolute atomic E-state index is 0.0951. The lowest BCUT2D eigenvalue weighted by Gasteiger charge is -2.32. The van der Waals surface area contributed by atoms with Crippen LogP contribution >= 0.6 is 23.2 Å². The highest BCUT2D eigenvalue weighted by atomic mass is 35.5. The molecule has 1 N–H and O–H groups in total. The molecule has 31 heavy (non-hydrogen) atoms. The van der Waals surface area contributed by atoms with Crippen LogP contribution in [0.15, 0.2) is 48.5 Å². The van der Waals surface area contributed by atoms with Gasteiger partial charge in [-0.05, 0) is 30.2 Å². The van der Waals surface area contributed by atoms with Crippen molar-refractivity contribution in [3.05, 3.63) is 64.1 Å². The Kier molecular flexibility index (Phi) is 8.73. The zero-order valence-corrected chi connectivity index (χ0v) is 19.8. The van der Waals surface area contributed by atoms with Crippen LogP contribution < -0.4 is 9.62 Å². The highest BCUT2D eigenvalue weighted by Gasteiger charge is 2.31. The molecule has 0 aromatic heterocycles. The van der Waals surface area contributed by atoms with E-state index in [2.05, 4.69) is 5.32 Å². The SMILES string of the molecule is CC[C@@H](C(=O)NC)N(Cc1ccccc1)C(=O)CN(c1cc(Cl)ccc1Cl)S(C)(=O)=O. The van der Waals surface area contributed by atoms with Crippen molar-refractivity contribution < 1.29 is 18.0 Å². The highest BCUT2D eigenvalue weighted by molar-refractivity contribution is 7.92. The largest absolute Gasteiger partial charge is 0.357 e. The van der Waals surface area contributed by atoms with E-state index < -0.39 is 28.5 Å². The number of carbonyl (C=O) groups is 2. The summed E-state index contributed by atoms with van der Waals surface area (Å²) in [7, 11) is -2.38. The summed E-state index contributed by atoms with van der Waals surface area (Å²) < 4.78 is 25.9. The Morgan fingerprint density at radius 1 is 1.10 bits per heavy atom. The standard InChI is InChI=1S/C21H25Cl2N3O4S/c1-4-18(21(28)24-2)25(13-15-8-6-5-7-9-15)20(27)14-26(31(3,29)30)19-12-16(22)10-11-17(19)23/h5-12,18H,4,13-14H2,1-3H3,(H,24,28)/t18-/m0/s1. The van der Waals surface area contributed by atoms with E-state index in [4.69, 9.17) is 23.2 Å². The van der Waals surface area contributed by atoms with Crippen LogP contribution in [0.25, 0.3) is 0 Å². The molecule has 0 saturated heterocycles. The summed E-state index contributed by atoms with van der Waals surface area (Å²) in [6.45, 7) is 1.40. The van der Waals surface area contributed by atoms with Gasteiger partial charge < -0.3 is 10.2 Å². The summed E-state index contributed by atoms with van der Waals surface area (Å²) in [5, 5.41) is 2.98.